The zero-order valence-corrected chi connectivity index (χ0v) is 13.3. The summed E-state index contributed by atoms with van der Waals surface area (Å²) in [4.78, 5) is 8.64. The number of methoxy groups -OCH3 is 3. The number of aromatic nitrogens is 2. The third-order valence-electron chi connectivity index (χ3n) is 2.92. The van der Waals surface area contributed by atoms with Crippen molar-refractivity contribution in [3.8, 4) is 5.75 Å². The van der Waals surface area contributed by atoms with Gasteiger partial charge in [-0.1, -0.05) is 0 Å². The maximum absolute atomic E-state index is 5.41. The highest BCUT2D eigenvalue weighted by molar-refractivity contribution is 9.10. The Morgan fingerprint density at radius 3 is 2.50 bits per heavy atom. The van der Waals surface area contributed by atoms with E-state index in [1.54, 1.807) is 34.6 Å². The maximum Gasteiger partial charge on any atom is 0.223 e. The van der Waals surface area contributed by atoms with Crippen LogP contribution in [0.15, 0.2) is 16.7 Å². The highest BCUT2D eigenvalue weighted by Crippen LogP contribution is 2.37. The van der Waals surface area contributed by atoms with Crippen LogP contribution in [0.4, 0.5) is 5.95 Å². The number of halogens is 1. The van der Waals surface area contributed by atoms with E-state index in [0.717, 1.165) is 15.4 Å². The van der Waals surface area contributed by atoms with Crippen molar-refractivity contribution >= 4 is 32.8 Å². The van der Waals surface area contributed by atoms with Crippen molar-refractivity contribution in [3.63, 3.8) is 0 Å². The standard InChI is InChI=1S/C13H16BrN3O3/c1-15-13-16-6-8-10(14)7(12(19-3)20-4)5-9(18-2)11(8)17-13/h5-6,12H,1-4H3,(H,15,16,17). The first kappa shape index (κ1) is 15.0. The Morgan fingerprint density at radius 2 is 1.95 bits per heavy atom. The molecule has 0 spiro atoms. The van der Waals surface area contributed by atoms with E-state index in [4.69, 9.17) is 14.2 Å². The van der Waals surface area contributed by atoms with Crippen LogP contribution in [0.3, 0.4) is 0 Å². The Labute approximate surface area is 125 Å². The minimum Gasteiger partial charge on any atom is -0.494 e. The van der Waals surface area contributed by atoms with Crippen LogP contribution in [-0.4, -0.2) is 38.3 Å². The molecule has 0 bridgehead atoms. The zero-order valence-electron chi connectivity index (χ0n) is 11.7. The van der Waals surface area contributed by atoms with Gasteiger partial charge in [-0.2, -0.15) is 0 Å². The van der Waals surface area contributed by atoms with Gasteiger partial charge in [0.2, 0.25) is 5.95 Å². The van der Waals surface area contributed by atoms with Crippen LogP contribution < -0.4 is 10.1 Å². The Kier molecular flexibility index (Phi) is 4.74. The predicted octanol–water partition coefficient (Wildman–Crippen LogP) is 2.73. The van der Waals surface area contributed by atoms with Gasteiger partial charge < -0.3 is 19.5 Å². The van der Waals surface area contributed by atoms with Gasteiger partial charge in [0.05, 0.1) is 7.11 Å². The highest BCUT2D eigenvalue weighted by atomic mass is 79.9. The van der Waals surface area contributed by atoms with E-state index >= 15 is 0 Å². The molecule has 2 aromatic rings. The van der Waals surface area contributed by atoms with Gasteiger partial charge in [-0.05, 0) is 22.0 Å². The van der Waals surface area contributed by atoms with Crippen LogP contribution in [0.2, 0.25) is 0 Å². The van der Waals surface area contributed by atoms with E-state index in [2.05, 4.69) is 31.2 Å². The summed E-state index contributed by atoms with van der Waals surface area (Å²) in [6, 6.07) is 1.84. The molecule has 1 N–H and O–H groups in total. The van der Waals surface area contributed by atoms with Crippen LogP contribution in [-0.2, 0) is 9.47 Å². The molecule has 0 saturated heterocycles. The number of hydrogen-bond donors (Lipinski definition) is 1. The van der Waals surface area contributed by atoms with Crippen LogP contribution in [0.25, 0.3) is 10.9 Å². The van der Waals surface area contributed by atoms with Crippen LogP contribution in [0.5, 0.6) is 5.75 Å². The second-order valence-electron chi connectivity index (χ2n) is 3.99. The minimum absolute atomic E-state index is 0.494. The van der Waals surface area contributed by atoms with E-state index in [9.17, 15) is 0 Å². The molecular formula is C13H16BrN3O3. The number of fused-ring (bicyclic) bond motifs is 1. The largest absolute Gasteiger partial charge is 0.494 e. The molecule has 2 rings (SSSR count). The second-order valence-corrected chi connectivity index (χ2v) is 4.78. The molecule has 7 heteroatoms. The van der Waals surface area contributed by atoms with Crippen molar-refractivity contribution in [2.24, 2.45) is 0 Å². The summed E-state index contributed by atoms with van der Waals surface area (Å²) in [6.45, 7) is 0. The lowest BCUT2D eigenvalue weighted by atomic mass is 10.1. The number of nitrogens with zero attached hydrogens (tertiary/aromatic N) is 2. The molecular weight excluding hydrogens is 326 g/mol. The Bertz CT molecular complexity index is 617. The average Bonchev–Trinajstić information content (AvgIpc) is 2.50. The van der Waals surface area contributed by atoms with Crippen molar-refractivity contribution in [1.82, 2.24) is 9.97 Å². The minimum atomic E-state index is -0.494. The molecule has 0 aliphatic carbocycles. The molecule has 1 aromatic heterocycles. The van der Waals surface area contributed by atoms with E-state index in [0.29, 0.717) is 17.2 Å². The molecule has 6 nitrogen and oxygen atoms in total. The van der Waals surface area contributed by atoms with E-state index < -0.39 is 6.29 Å². The molecule has 1 heterocycles. The molecule has 0 aliphatic heterocycles. The van der Waals surface area contributed by atoms with Crippen molar-refractivity contribution < 1.29 is 14.2 Å². The van der Waals surface area contributed by atoms with Gasteiger partial charge in [0.15, 0.2) is 6.29 Å². The number of rotatable bonds is 5. The van der Waals surface area contributed by atoms with Gasteiger partial charge >= 0.3 is 0 Å². The third-order valence-corrected chi connectivity index (χ3v) is 3.81. The molecule has 108 valence electrons. The summed E-state index contributed by atoms with van der Waals surface area (Å²) in [5.74, 6) is 1.17. The first-order valence-electron chi connectivity index (χ1n) is 5.92. The van der Waals surface area contributed by atoms with Crippen molar-refractivity contribution in [3.05, 3.63) is 22.3 Å². The number of ether oxygens (including phenoxy) is 3. The molecule has 0 fully saturated rings. The molecule has 0 radical (unpaired) electrons. The van der Waals surface area contributed by atoms with E-state index in [1.165, 1.54) is 0 Å². The Balaban J connectivity index is 2.72. The highest BCUT2D eigenvalue weighted by Gasteiger charge is 2.19. The lowest BCUT2D eigenvalue weighted by molar-refractivity contribution is -0.106. The quantitative estimate of drug-likeness (QED) is 0.843. The van der Waals surface area contributed by atoms with E-state index in [1.807, 2.05) is 6.07 Å². The van der Waals surface area contributed by atoms with Gasteiger partial charge in [-0.3, -0.25) is 0 Å². The summed E-state index contributed by atoms with van der Waals surface area (Å²) in [5, 5.41) is 3.74. The van der Waals surface area contributed by atoms with Crippen molar-refractivity contribution in [2.45, 2.75) is 6.29 Å². The number of anilines is 1. The molecule has 20 heavy (non-hydrogen) atoms. The fourth-order valence-electron chi connectivity index (χ4n) is 1.96. The summed E-state index contributed by atoms with van der Waals surface area (Å²) >= 11 is 3.56. The lowest BCUT2D eigenvalue weighted by Gasteiger charge is -2.18. The van der Waals surface area contributed by atoms with E-state index in [-0.39, 0.29) is 0 Å². The summed E-state index contributed by atoms with van der Waals surface area (Å²) < 4.78 is 16.8. The van der Waals surface area contributed by atoms with Gasteiger partial charge in [0.25, 0.3) is 0 Å². The average molecular weight is 342 g/mol. The Morgan fingerprint density at radius 1 is 1.25 bits per heavy atom. The number of benzene rings is 1. The van der Waals surface area contributed by atoms with Gasteiger partial charge in [-0.25, -0.2) is 9.97 Å². The fraction of sp³-hybridized carbons (Fsp3) is 0.385. The fourth-order valence-corrected chi connectivity index (χ4v) is 2.55. The van der Waals surface area contributed by atoms with Gasteiger partial charge in [0, 0.05) is 42.9 Å². The predicted molar refractivity (Wildman–Crippen MR) is 80.1 cm³/mol. The first-order valence-corrected chi connectivity index (χ1v) is 6.72. The smallest absolute Gasteiger partial charge is 0.223 e. The molecule has 1 aromatic carbocycles. The monoisotopic (exact) mass is 341 g/mol. The van der Waals surface area contributed by atoms with Gasteiger partial charge in [0.1, 0.15) is 11.3 Å². The van der Waals surface area contributed by atoms with Crippen LogP contribution in [0, 0.1) is 0 Å². The SMILES string of the molecule is CNc1ncc2c(Br)c(C(OC)OC)cc(OC)c2n1. The van der Waals surface area contributed by atoms with Crippen LogP contribution in [0.1, 0.15) is 11.9 Å². The number of nitrogens with one attached hydrogen (secondary N) is 1. The van der Waals surface area contributed by atoms with Crippen molar-refractivity contribution in [1.29, 1.82) is 0 Å². The number of hydrogen-bond acceptors (Lipinski definition) is 6. The summed E-state index contributed by atoms with van der Waals surface area (Å²) in [5.41, 5.74) is 1.54. The topological polar surface area (TPSA) is 65.5 Å². The molecule has 0 atom stereocenters. The summed E-state index contributed by atoms with van der Waals surface area (Å²) in [6.07, 6.45) is 1.23. The zero-order chi connectivity index (χ0) is 14.7. The molecule has 0 saturated carbocycles. The van der Waals surface area contributed by atoms with Crippen LogP contribution >= 0.6 is 15.9 Å². The summed E-state index contributed by atoms with van der Waals surface area (Å²) in [7, 11) is 6.53. The molecule has 0 aliphatic rings. The van der Waals surface area contributed by atoms with Crippen molar-refractivity contribution in [2.75, 3.05) is 33.7 Å². The maximum atomic E-state index is 5.41. The normalized spacial score (nSPS) is 11.1. The van der Waals surface area contributed by atoms with Gasteiger partial charge in [-0.15, -0.1) is 0 Å². The third kappa shape index (κ3) is 2.56. The first-order chi connectivity index (χ1) is 9.65. The molecule has 0 unspecified atom stereocenters. The molecule has 0 amide bonds. The second kappa shape index (κ2) is 6.34. The Hall–Kier alpha value is -1.44. The lowest BCUT2D eigenvalue weighted by Crippen LogP contribution is -2.06.